The van der Waals surface area contributed by atoms with E-state index in [1.54, 1.807) is 6.92 Å². The Labute approximate surface area is 130 Å². The first kappa shape index (κ1) is 17.3. The number of aromatic carboxylic acids is 1. The van der Waals surface area contributed by atoms with E-state index in [-0.39, 0.29) is 35.1 Å². The summed E-state index contributed by atoms with van der Waals surface area (Å²) in [6.45, 7) is 5.50. The molecule has 0 radical (unpaired) electrons. The molecule has 1 aromatic rings. The lowest BCUT2D eigenvalue weighted by molar-refractivity contribution is -0.124. The molecule has 0 saturated heterocycles. The predicted octanol–water partition coefficient (Wildman–Crippen LogP) is 2.00. The van der Waals surface area contributed by atoms with Crippen molar-refractivity contribution in [1.82, 2.24) is 16.5 Å². The molecule has 0 bridgehead atoms. The highest BCUT2D eigenvalue weighted by Gasteiger charge is 2.43. The van der Waals surface area contributed by atoms with Crippen molar-refractivity contribution in [3.05, 3.63) is 28.0 Å². The minimum absolute atomic E-state index is 0. The molecule has 1 amide bonds. The fraction of sp³-hybridized carbons (Fsp3) is 0.385. The van der Waals surface area contributed by atoms with Crippen molar-refractivity contribution >= 4 is 33.6 Å². The molecular weight excluding hydrogens is 340 g/mol. The first-order chi connectivity index (χ1) is 9.25. The van der Waals surface area contributed by atoms with E-state index >= 15 is 0 Å². The van der Waals surface area contributed by atoms with Gasteiger partial charge in [0.15, 0.2) is 5.84 Å². The third-order valence-electron chi connectivity index (χ3n) is 3.47. The summed E-state index contributed by atoms with van der Waals surface area (Å²) in [6, 6.07) is 1.43. The second-order valence-corrected chi connectivity index (χ2v) is 5.99. The number of halogens is 1. The topological polar surface area (TPSA) is 127 Å². The molecule has 7 nitrogen and oxygen atoms in total. The number of amides is 1. The van der Waals surface area contributed by atoms with Crippen molar-refractivity contribution in [3.8, 4) is 0 Å². The fourth-order valence-corrected chi connectivity index (χ4v) is 2.17. The fourth-order valence-electron chi connectivity index (χ4n) is 1.84. The van der Waals surface area contributed by atoms with Crippen LogP contribution in [-0.2, 0) is 4.79 Å². The molecule has 1 aliphatic rings. The van der Waals surface area contributed by atoms with Crippen LogP contribution in [-0.4, -0.2) is 33.3 Å². The van der Waals surface area contributed by atoms with Gasteiger partial charge in [0.25, 0.3) is 5.91 Å². The molecule has 1 aliphatic heterocycles. The van der Waals surface area contributed by atoms with Crippen molar-refractivity contribution in [2.75, 3.05) is 0 Å². The van der Waals surface area contributed by atoms with Gasteiger partial charge in [-0.1, -0.05) is 13.8 Å². The van der Waals surface area contributed by atoms with Gasteiger partial charge in [-0.15, -0.1) is 0 Å². The number of carboxylic acid groups (broad SMARTS) is 1. The molecule has 0 spiro atoms. The third kappa shape index (κ3) is 2.96. The number of rotatable bonds is 3. The zero-order valence-electron chi connectivity index (χ0n) is 12.0. The van der Waals surface area contributed by atoms with Gasteiger partial charge in [0.2, 0.25) is 0 Å². The molecule has 21 heavy (non-hydrogen) atoms. The Bertz CT molecular complexity index is 630. The van der Waals surface area contributed by atoms with Gasteiger partial charge in [-0.05, 0) is 34.8 Å². The first-order valence-electron chi connectivity index (χ1n) is 6.06. The number of carbonyl (C=O) groups is 2. The van der Waals surface area contributed by atoms with Crippen molar-refractivity contribution in [1.29, 1.82) is 0 Å². The number of aliphatic imine (C=N–C) groups is 1. The normalized spacial score (nSPS) is 20.8. The van der Waals surface area contributed by atoms with E-state index in [2.05, 4.69) is 31.2 Å². The third-order valence-corrected chi connectivity index (χ3v) is 3.90. The summed E-state index contributed by atoms with van der Waals surface area (Å²) in [5, 5.41) is 11.9. The van der Waals surface area contributed by atoms with Crippen LogP contribution in [0.4, 0.5) is 0 Å². The van der Waals surface area contributed by atoms with Crippen molar-refractivity contribution in [2.24, 2.45) is 10.9 Å². The molecule has 5 N–H and O–H groups in total. The summed E-state index contributed by atoms with van der Waals surface area (Å²) in [5.74, 6) is -1.17. The number of pyridine rings is 1. The van der Waals surface area contributed by atoms with Crippen LogP contribution in [0.15, 0.2) is 21.7 Å². The Kier molecular flexibility index (Phi) is 4.85. The van der Waals surface area contributed by atoms with Gasteiger partial charge in [-0.3, -0.25) is 9.78 Å². The van der Waals surface area contributed by atoms with E-state index in [0.717, 1.165) is 0 Å². The Morgan fingerprint density at radius 2 is 2.10 bits per heavy atom. The smallest absolute Gasteiger partial charge is 0.338 e. The number of carbonyl (C=O) groups excluding carboxylic acids is 1. The number of amidine groups is 1. The molecule has 0 aliphatic carbocycles. The summed E-state index contributed by atoms with van der Waals surface area (Å²) in [6.07, 6.45) is 1.47. The standard InChI is InChI=1S/C13H14BrN3O3.H3N/c1-6(2)13(3)12(20)16-10(17-13)9-8(11(18)19)4-7(14)5-15-9;/h4-6H,1-3H3,(H,18,19)(H,16,17,20);1H3. The average molecular weight is 357 g/mol. The first-order valence-corrected chi connectivity index (χ1v) is 6.85. The van der Waals surface area contributed by atoms with Crippen LogP contribution in [0.2, 0.25) is 0 Å². The van der Waals surface area contributed by atoms with E-state index < -0.39 is 11.5 Å². The van der Waals surface area contributed by atoms with Crippen molar-refractivity contribution < 1.29 is 14.7 Å². The largest absolute Gasteiger partial charge is 0.478 e. The molecule has 2 rings (SSSR count). The maximum atomic E-state index is 12.1. The second-order valence-electron chi connectivity index (χ2n) is 5.07. The van der Waals surface area contributed by atoms with Gasteiger partial charge in [-0.2, -0.15) is 0 Å². The zero-order valence-corrected chi connectivity index (χ0v) is 13.6. The highest BCUT2D eigenvalue weighted by molar-refractivity contribution is 9.10. The van der Waals surface area contributed by atoms with Crippen LogP contribution >= 0.6 is 15.9 Å². The SMILES string of the molecule is CC(C)C1(C)N=C(c2ncc(Br)cc2C(=O)O)NC1=O.N. The number of nitrogens with one attached hydrogen (secondary N) is 1. The summed E-state index contributed by atoms with van der Waals surface area (Å²) < 4.78 is 0.551. The van der Waals surface area contributed by atoms with Gasteiger partial charge in [0.05, 0.1) is 5.56 Å². The van der Waals surface area contributed by atoms with Crippen LogP contribution in [0.5, 0.6) is 0 Å². The van der Waals surface area contributed by atoms with Crippen molar-refractivity contribution in [2.45, 2.75) is 26.3 Å². The van der Waals surface area contributed by atoms with Crippen LogP contribution in [0.25, 0.3) is 0 Å². The predicted molar refractivity (Wildman–Crippen MR) is 81.8 cm³/mol. The van der Waals surface area contributed by atoms with Gasteiger partial charge < -0.3 is 16.6 Å². The molecule has 0 saturated carbocycles. The lowest BCUT2D eigenvalue weighted by Crippen LogP contribution is -2.41. The minimum Gasteiger partial charge on any atom is -0.478 e. The minimum atomic E-state index is -1.12. The number of nitrogens with zero attached hydrogens (tertiary/aromatic N) is 2. The van der Waals surface area contributed by atoms with Crippen molar-refractivity contribution in [3.63, 3.8) is 0 Å². The summed E-state index contributed by atoms with van der Waals surface area (Å²) in [5.41, 5.74) is -0.746. The Hall–Kier alpha value is -1.80. The van der Waals surface area contributed by atoms with E-state index in [0.29, 0.717) is 4.47 Å². The van der Waals surface area contributed by atoms with Gasteiger partial charge >= 0.3 is 5.97 Å². The Morgan fingerprint density at radius 1 is 1.48 bits per heavy atom. The summed E-state index contributed by atoms with van der Waals surface area (Å²) >= 11 is 3.18. The summed E-state index contributed by atoms with van der Waals surface area (Å²) in [4.78, 5) is 31.8. The molecule has 2 heterocycles. The molecule has 0 fully saturated rings. The molecule has 8 heteroatoms. The highest BCUT2D eigenvalue weighted by atomic mass is 79.9. The molecule has 114 valence electrons. The Morgan fingerprint density at radius 3 is 2.57 bits per heavy atom. The summed E-state index contributed by atoms with van der Waals surface area (Å²) in [7, 11) is 0. The van der Waals surface area contributed by atoms with Gasteiger partial charge in [0.1, 0.15) is 11.2 Å². The lowest BCUT2D eigenvalue weighted by Gasteiger charge is -2.21. The van der Waals surface area contributed by atoms with E-state index in [9.17, 15) is 14.7 Å². The van der Waals surface area contributed by atoms with E-state index in [4.69, 9.17) is 0 Å². The highest BCUT2D eigenvalue weighted by Crippen LogP contribution is 2.27. The number of aromatic nitrogens is 1. The van der Waals surface area contributed by atoms with Crippen LogP contribution in [0.1, 0.15) is 36.8 Å². The zero-order chi connectivity index (χ0) is 15.1. The van der Waals surface area contributed by atoms with E-state index in [1.165, 1.54) is 12.3 Å². The molecule has 1 atom stereocenters. The Balaban J connectivity index is 0.00000220. The molecule has 1 aromatic heterocycles. The lowest BCUT2D eigenvalue weighted by atomic mass is 9.89. The maximum Gasteiger partial charge on any atom is 0.338 e. The maximum absolute atomic E-state index is 12.1. The van der Waals surface area contributed by atoms with Crippen LogP contribution in [0.3, 0.4) is 0 Å². The second kappa shape index (κ2) is 5.90. The molecular formula is C13H17BrN4O3. The monoisotopic (exact) mass is 356 g/mol. The number of hydrogen-bond donors (Lipinski definition) is 3. The van der Waals surface area contributed by atoms with Gasteiger partial charge in [0, 0.05) is 10.7 Å². The quantitative estimate of drug-likeness (QED) is 0.762. The van der Waals surface area contributed by atoms with Crippen LogP contribution < -0.4 is 11.5 Å². The number of carboxylic acids is 1. The van der Waals surface area contributed by atoms with Gasteiger partial charge in [-0.25, -0.2) is 9.79 Å². The van der Waals surface area contributed by atoms with E-state index in [1.807, 2.05) is 13.8 Å². The average Bonchev–Trinajstić information content (AvgIpc) is 2.66. The van der Waals surface area contributed by atoms with Crippen LogP contribution in [0, 0.1) is 5.92 Å². The number of hydrogen-bond acceptors (Lipinski definition) is 5. The molecule has 1 unspecified atom stereocenters. The molecule has 0 aromatic carbocycles.